The van der Waals surface area contributed by atoms with E-state index < -0.39 is 0 Å². The molecule has 0 bridgehead atoms. The smallest absolute Gasteiger partial charge is 0.258 e. The Morgan fingerprint density at radius 2 is 0.579 bits per heavy atom. The maximum Gasteiger partial charge on any atom is 0.258 e. The molecule has 282 valence electrons. The molecular formula is C45H36N6O6. The molecule has 12 nitrogen and oxygen atoms in total. The molecule has 0 saturated carbocycles. The number of nitrogens with zero attached hydrogens (tertiary/aromatic N) is 3. The number of hydrogen-bond acceptors (Lipinski definition) is 6. The van der Waals surface area contributed by atoms with Crippen molar-refractivity contribution in [1.29, 1.82) is 0 Å². The minimum atomic E-state index is -0.357. The van der Waals surface area contributed by atoms with E-state index in [4.69, 9.17) is 0 Å². The van der Waals surface area contributed by atoms with Gasteiger partial charge in [-0.3, -0.25) is 44.7 Å². The second-order valence-corrected chi connectivity index (χ2v) is 13.3. The molecule has 0 radical (unpaired) electrons. The van der Waals surface area contributed by atoms with Crippen LogP contribution in [-0.4, -0.2) is 49.1 Å². The Kier molecular flexibility index (Phi) is 10.4. The predicted octanol–water partition coefficient (Wildman–Crippen LogP) is 5.51. The first kappa shape index (κ1) is 37.5. The zero-order chi connectivity index (χ0) is 40.2. The Morgan fingerprint density at radius 1 is 0.333 bits per heavy atom. The third-order valence-electron chi connectivity index (χ3n) is 9.63. The summed E-state index contributed by atoms with van der Waals surface area (Å²) in [4.78, 5) is 71.2. The number of imide groups is 3. The Labute approximate surface area is 327 Å². The number of benzene rings is 3. The molecule has 6 heterocycles. The number of hydrogen-bond donors (Lipinski definition) is 3. The summed E-state index contributed by atoms with van der Waals surface area (Å²) < 4.78 is 5.75. The summed E-state index contributed by atoms with van der Waals surface area (Å²) in [6.07, 6.45) is 11.1. The summed E-state index contributed by atoms with van der Waals surface area (Å²) in [6, 6.07) is 32.8. The molecule has 9 rings (SSSR count). The maximum absolute atomic E-state index is 12.0. The lowest BCUT2D eigenvalue weighted by atomic mass is 9.94. The summed E-state index contributed by atoms with van der Waals surface area (Å²) in [5.41, 5.74) is 7.89. The Hall–Kier alpha value is -7.86. The quantitative estimate of drug-likeness (QED) is 0.160. The number of rotatable bonds is 3. The number of nitrogens with one attached hydrogen (secondary N) is 3. The van der Waals surface area contributed by atoms with Crippen molar-refractivity contribution in [1.82, 2.24) is 29.7 Å². The number of carbonyl (C=O) groups is 6. The average molecular weight is 757 g/mol. The molecule has 57 heavy (non-hydrogen) atoms. The highest BCUT2D eigenvalue weighted by Gasteiger charge is 2.29. The van der Waals surface area contributed by atoms with Gasteiger partial charge < -0.3 is 13.7 Å². The standard InChI is InChI=1S/3C15H12N2O2/c3*1-17-8-4-5-10(17)9-13-11-6-2-3-7-12(11)14(18)16-15(13)19/h3*2-9H,1H3,(H,16,18,19)/b3*13-9-. The van der Waals surface area contributed by atoms with Crippen LogP contribution in [0.2, 0.25) is 0 Å². The van der Waals surface area contributed by atoms with Crippen molar-refractivity contribution in [2.24, 2.45) is 21.1 Å². The monoisotopic (exact) mass is 756 g/mol. The van der Waals surface area contributed by atoms with Gasteiger partial charge in [0.25, 0.3) is 35.4 Å². The van der Waals surface area contributed by atoms with Crippen molar-refractivity contribution in [3.8, 4) is 0 Å². The first-order chi connectivity index (χ1) is 27.5. The summed E-state index contributed by atoms with van der Waals surface area (Å²) in [5, 5.41) is 7.09. The van der Waals surface area contributed by atoms with Gasteiger partial charge in [0, 0.05) is 107 Å². The minimum absolute atomic E-state index is 0.343. The van der Waals surface area contributed by atoms with Gasteiger partial charge in [0.2, 0.25) is 0 Å². The molecule has 3 aliphatic heterocycles. The fourth-order valence-corrected chi connectivity index (χ4v) is 6.57. The van der Waals surface area contributed by atoms with E-state index in [1.807, 2.05) is 108 Å². The van der Waals surface area contributed by atoms with Crippen molar-refractivity contribution >= 4 is 70.4 Å². The van der Waals surface area contributed by atoms with E-state index >= 15 is 0 Å². The van der Waals surface area contributed by atoms with Gasteiger partial charge >= 0.3 is 0 Å². The number of aryl methyl sites for hydroxylation is 3. The zero-order valence-electron chi connectivity index (χ0n) is 31.1. The summed E-state index contributed by atoms with van der Waals surface area (Å²) in [6.45, 7) is 0. The largest absolute Gasteiger partial charge is 0.351 e. The highest BCUT2D eigenvalue weighted by atomic mass is 16.2. The van der Waals surface area contributed by atoms with Gasteiger partial charge in [-0.1, -0.05) is 54.6 Å². The number of amides is 6. The molecule has 3 aliphatic rings. The van der Waals surface area contributed by atoms with Crippen LogP contribution < -0.4 is 16.0 Å². The number of aromatic nitrogens is 3. The minimum Gasteiger partial charge on any atom is -0.351 e. The molecule has 6 amide bonds. The Balaban J connectivity index is 0.000000131. The average Bonchev–Trinajstić information content (AvgIpc) is 3.94. The van der Waals surface area contributed by atoms with Crippen LogP contribution >= 0.6 is 0 Å². The van der Waals surface area contributed by atoms with Gasteiger partial charge in [-0.05, 0) is 72.8 Å². The number of fused-ring (bicyclic) bond motifs is 3. The van der Waals surface area contributed by atoms with Crippen molar-refractivity contribution in [3.05, 3.63) is 178 Å². The van der Waals surface area contributed by atoms with E-state index in [0.29, 0.717) is 50.1 Å². The van der Waals surface area contributed by atoms with Crippen molar-refractivity contribution in [2.45, 2.75) is 0 Å². The van der Waals surface area contributed by atoms with Gasteiger partial charge in [0.1, 0.15) is 0 Å². The van der Waals surface area contributed by atoms with E-state index in [9.17, 15) is 28.8 Å². The van der Waals surface area contributed by atoms with E-state index in [1.165, 1.54) is 0 Å². The van der Waals surface area contributed by atoms with Crippen molar-refractivity contribution in [3.63, 3.8) is 0 Å². The highest BCUT2D eigenvalue weighted by Crippen LogP contribution is 2.28. The second-order valence-electron chi connectivity index (χ2n) is 13.3. The Morgan fingerprint density at radius 3 is 0.807 bits per heavy atom. The zero-order valence-corrected chi connectivity index (χ0v) is 31.1. The van der Waals surface area contributed by atoms with Gasteiger partial charge in [-0.25, -0.2) is 0 Å². The van der Waals surface area contributed by atoms with E-state index in [2.05, 4.69) is 16.0 Å². The number of carbonyl (C=O) groups excluding carboxylic acids is 6. The van der Waals surface area contributed by atoms with Crippen molar-refractivity contribution < 1.29 is 28.8 Å². The van der Waals surface area contributed by atoms with E-state index in [1.54, 1.807) is 72.8 Å². The predicted molar refractivity (Wildman–Crippen MR) is 217 cm³/mol. The van der Waals surface area contributed by atoms with Crippen LogP contribution in [-0.2, 0) is 35.5 Å². The fraction of sp³-hybridized carbons (Fsp3) is 0.0667. The molecule has 0 fully saturated rings. The van der Waals surface area contributed by atoms with Crippen LogP contribution in [0.4, 0.5) is 0 Å². The molecule has 3 aromatic heterocycles. The summed E-state index contributed by atoms with van der Waals surface area (Å²) in [5.74, 6) is -2.10. The lowest BCUT2D eigenvalue weighted by Crippen LogP contribution is -2.36. The lowest BCUT2D eigenvalue weighted by Gasteiger charge is -2.18. The topological polar surface area (TPSA) is 153 Å². The summed E-state index contributed by atoms with van der Waals surface area (Å²) >= 11 is 0. The molecule has 0 aliphatic carbocycles. The third-order valence-corrected chi connectivity index (χ3v) is 9.63. The summed E-state index contributed by atoms with van der Waals surface area (Å²) in [7, 11) is 5.72. The highest BCUT2D eigenvalue weighted by molar-refractivity contribution is 6.35. The molecule has 0 spiro atoms. The van der Waals surface area contributed by atoms with Crippen LogP contribution in [0.25, 0.3) is 34.9 Å². The normalized spacial score (nSPS) is 16.4. The molecule has 3 aromatic carbocycles. The van der Waals surface area contributed by atoms with E-state index in [-0.39, 0.29) is 35.4 Å². The lowest BCUT2D eigenvalue weighted by molar-refractivity contribution is -0.115. The van der Waals surface area contributed by atoms with Gasteiger partial charge in [0.05, 0.1) is 0 Å². The van der Waals surface area contributed by atoms with Crippen LogP contribution in [0.3, 0.4) is 0 Å². The molecular weight excluding hydrogens is 721 g/mol. The van der Waals surface area contributed by atoms with Crippen LogP contribution in [0, 0.1) is 0 Å². The molecule has 12 heteroatoms. The molecule has 0 saturated heterocycles. The first-order valence-corrected chi connectivity index (χ1v) is 17.8. The van der Waals surface area contributed by atoms with Gasteiger partial charge in [0.15, 0.2) is 0 Å². The van der Waals surface area contributed by atoms with E-state index in [0.717, 1.165) is 17.1 Å². The molecule has 0 atom stereocenters. The first-order valence-electron chi connectivity index (χ1n) is 17.8. The molecule has 0 unspecified atom stereocenters. The SMILES string of the molecule is Cn1cccc1/C=C1\C(=O)NC(=O)c2ccccc21.Cn1cccc1/C=C1\C(=O)NC(=O)c2ccccc21.Cn1cccc1/C=C1\C(=O)NC(=O)c2ccccc21. The fourth-order valence-electron chi connectivity index (χ4n) is 6.57. The molecule has 6 aromatic rings. The third kappa shape index (κ3) is 7.73. The van der Waals surface area contributed by atoms with Crippen LogP contribution in [0.15, 0.2) is 128 Å². The molecule has 3 N–H and O–H groups in total. The van der Waals surface area contributed by atoms with Crippen molar-refractivity contribution in [2.75, 3.05) is 0 Å². The Bertz CT molecular complexity index is 2430. The maximum atomic E-state index is 12.0. The van der Waals surface area contributed by atoms with Gasteiger partial charge in [-0.2, -0.15) is 0 Å². The van der Waals surface area contributed by atoms with Gasteiger partial charge in [-0.15, -0.1) is 0 Å². The van der Waals surface area contributed by atoms with Crippen LogP contribution in [0.1, 0.15) is 64.8 Å². The second kappa shape index (κ2) is 15.9. The van der Waals surface area contributed by atoms with Crippen LogP contribution in [0.5, 0.6) is 0 Å².